The van der Waals surface area contributed by atoms with Crippen molar-refractivity contribution in [2.24, 2.45) is 4.99 Å². The number of amidine groups is 1. The van der Waals surface area contributed by atoms with E-state index in [0.29, 0.717) is 21.6 Å². The monoisotopic (exact) mass is 446 g/mol. The maximum absolute atomic E-state index is 12.2. The van der Waals surface area contributed by atoms with E-state index in [2.05, 4.69) is 4.99 Å². The number of ether oxygens (including phenoxy) is 1. The van der Waals surface area contributed by atoms with E-state index < -0.39 is 21.7 Å². The highest BCUT2D eigenvalue weighted by atomic mass is 35.5. The topological polar surface area (TPSA) is 113 Å². The van der Waals surface area contributed by atoms with Crippen LogP contribution in [0.25, 0.3) is 0 Å². The lowest BCUT2D eigenvalue weighted by Gasteiger charge is -2.26. The standard InChI is InChI=1S/C17H19ClN2O6S2/c1-26-13-6-5-10(18)7-11(13)20-12-8-28(24,25)9-14(12)27-17(20)19-15(21)3-2-4-16(22)23/h5-7,12,14H,2-4,8-9H2,1H3,(H,22,23)/t12-,14+/m0/s1. The quantitative estimate of drug-likeness (QED) is 0.707. The van der Waals surface area contributed by atoms with Crippen molar-refractivity contribution < 1.29 is 27.9 Å². The van der Waals surface area contributed by atoms with E-state index in [0.717, 1.165) is 0 Å². The van der Waals surface area contributed by atoms with E-state index in [1.807, 2.05) is 0 Å². The number of thioether (sulfide) groups is 1. The maximum atomic E-state index is 12.2. The van der Waals surface area contributed by atoms with Crippen LogP contribution in [0.15, 0.2) is 23.2 Å². The number of anilines is 1. The molecule has 2 atom stereocenters. The molecule has 11 heteroatoms. The smallest absolute Gasteiger partial charge is 0.303 e. The molecule has 0 radical (unpaired) electrons. The van der Waals surface area contributed by atoms with Crippen molar-refractivity contribution in [1.82, 2.24) is 0 Å². The molecule has 0 spiro atoms. The summed E-state index contributed by atoms with van der Waals surface area (Å²) in [5.74, 6) is -0.972. The Labute approximate surface area is 171 Å². The summed E-state index contributed by atoms with van der Waals surface area (Å²) in [5, 5.41) is 9.27. The van der Waals surface area contributed by atoms with Gasteiger partial charge in [0, 0.05) is 23.1 Å². The van der Waals surface area contributed by atoms with Gasteiger partial charge in [0.05, 0.1) is 30.3 Å². The Morgan fingerprint density at radius 2 is 2.11 bits per heavy atom. The zero-order valence-electron chi connectivity index (χ0n) is 15.0. The number of carbonyl (C=O) groups is 2. The van der Waals surface area contributed by atoms with Crippen LogP contribution >= 0.6 is 23.4 Å². The van der Waals surface area contributed by atoms with E-state index in [1.54, 1.807) is 23.1 Å². The average molecular weight is 447 g/mol. The molecule has 2 heterocycles. The van der Waals surface area contributed by atoms with Crippen molar-refractivity contribution >= 4 is 55.9 Å². The van der Waals surface area contributed by atoms with Gasteiger partial charge in [-0.2, -0.15) is 4.99 Å². The number of carboxylic acid groups (broad SMARTS) is 1. The normalized spacial score (nSPS) is 24.4. The molecule has 1 aromatic carbocycles. The summed E-state index contributed by atoms with van der Waals surface area (Å²) in [4.78, 5) is 28.7. The van der Waals surface area contributed by atoms with E-state index in [4.69, 9.17) is 21.4 Å². The lowest BCUT2D eigenvalue weighted by molar-refractivity contribution is -0.137. The SMILES string of the molecule is COc1ccc(Cl)cc1N1C(=NC(=O)CCCC(=O)O)S[C@@H]2CS(=O)(=O)C[C@@H]21. The number of amides is 1. The number of rotatable bonds is 6. The molecule has 2 aliphatic rings. The van der Waals surface area contributed by atoms with Crippen LogP contribution in [0.1, 0.15) is 19.3 Å². The lowest BCUT2D eigenvalue weighted by Crippen LogP contribution is -2.38. The van der Waals surface area contributed by atoms with Crippen LogP contribution in [0.2, 0.25) is 5.02 Å². The van der Waals surface area contributed by atoms with Crippen LogP contribution in [-0.4, -0.2) is 60.5 Å². The molecule has 8 nitrogen and oxygen atoms in total. The fourth-order valence-electron chi connectivity index (χ4n) is 3.25. The van der Waals surface area contributed by atoms with Crippen molar-refractivity contribution in [3.8, 4) is 5.75 Å². The number of benzene rings is 1. The first-order valence-corrected chi connectivity index (χ1v) is 11.6. The van der Waals surface area contributed by atoms with Crippen LogP contribution in [0.5, 0.6) is 5.75 Å². The van der Waals surface area contributed by atoms with Gasteiger partial charge in [-0.3, -0.25) is 9.59 Å². The summed E-state index contributed by atoms with van der Waals surface area (Å²) in [7, 11) is -1.70. The second-order valence-corrected chi connectivity index (χ2v) is 10.3. The molecule has 1 aromatic rings. The second kappa shape index (κ2) is 8.30. The first-order valence-electron chi connectivity index (χ1n) is 8.53. The summed E-state index contributed by atoms with van der Waals surface area (Å²) >= 11 is 7.37. The minimum Gasteiger partial charge on any atom is -0.495 e. The summed E-state index contributed by atoms with van der Waals surface area (Å²) in [6.07, 6.45) is 0.0842. The molecule has 2 saturated heterocycles. The Morgan fingerprint density at radius 1 is 1.36 bits per heavy atom. The van der Waals surface area contributed by atoms with Crippen molar-refractivity contribution in [2.45, 2.75) is 30.6 Å². The molecule has 3 rings (SSSR count). The zero-order valence-corrected chi connectivity index (χ0v) is 17.4. The van der Waals surface area contributed by atoms with Crippen molar-refractivity contribution in [3.63, 3.8) is 0 Å². The highest BCUT2D eigenvalue weighted by molar-refractivity contribution is 8.16. The molecule has 1 amide bonds. The molecular formula is C17H19ClN2O6S2. The predicted octanol–water partition coefficient (Wildman–Crippen LogP) is 2.20. The molecule has 0 aromatic heterocycles. The van der Waals surface area contributed by atoms with Gasteiger partial charge in [-0.15, -0.1) is 0 Å². The Morgan fingerprint density at radius 3 is 2.79 bits per heavy atom. The number of carboxylic acids is 1. The maximum Gasteiger partial charge on any atom is 0.303 e. The number of methoxy groups -OCH3 is 1. The van der Waals surface area contributed by atoms with Crippen LogP contribution < -0.4 is 9.64 Å². The third-order valence-corrected chi connectivity index (χ3v) is 7.91. The minimum atomic E-state index is -3.19. The fraction of sp³-hybridized carbons (Fsp3) is 0.471. The number of aliphatic imine (C=N–C) groups is 1. The van der Waals surface area contributed by atoms with Gasteiger partial charge >= 0.3 is 5.97 Å². The van der Waals surface area contributed by atoms with Gasteiger partial charge in [0.2, 0.25) is 5.91 Å². The Bertz CT molecular complexity index is 934. The molecular weight excluding hydrogens is 428 g/mol. The molecule has 0 bridgehead atoms. The van der Waals surface area contributed by atoms with E-state index in [9.17, 15) is 18.0 Å². The summed E-state index contributed by atoms with van der Waals surface area (Å²) < 4.78 is 29.6. The number of aliphatic carboxylic acids is 1. The summed E-state index contributed by atoms with van der Waals surface area (Å²) in [6, 6.07) is 4.60. The third kappa shape index (κ3) is 4.61. The van der Waals surface area contributed by atoms with Crippen LogP contribution in [-0.2, 0) is 19.4 Å². The molecule has 1 N–H and O–H groups in total. The zero-order chi connectivity index (χ0) is 20.5. The van der Waals surface area contributed by atoms with Gasteiger partial charge in [-0.25, -0.2) is 8.42 Å². The van der Waals surface area contributed by atoms with E-state index in [-0.39, 0.29) is 42.1 Å². The minimum absolute atomic E-state index is 0.00448. The highest BCUT2D eigenvalue weighted by Gasteiger charge is 2.50. The van der Waals surface area contributed by atoms with Gasteiger partial charge in [-0.05, 0) is 24.6 Å². The third-order valence-electron chi connectivity index (χ3n) is 4.47. The number of hydrogen-bond donors (Lipinski definition) is 1. The van der Waals surface area contributed by atoms with E-state index >= 15 is 0 Å². The highest BCUT2D eigenvalue weighted by Crippen LogP contribution is 2.44. The first-order chi connectivity index (χ1) is 13.2. The van der Waals surface area contributed by atoms with Crippen LogP contribution in [0.3, 0.4) is 0 Å². The van der Waals surface area contributed by atoms with Crippen LogP contribution in [0.4, 0.5) is 5.69 Å². The summed E-state index contributed by atoms with van der Waals surface area (Å²) in [6.45, 7) is 0. The lowest BCUT2D eigenvalue weighted by atomic mass is 10.2. The van der Waals surface area contributed by atoms with Gasteiger partial charge in [0.25, 0.3) is 0 Å². The van der Waals surface area contributed by atoms with E-state index in [1.165, 1.54) is 18.9 Å². The van der Waals surface area contributed by atoms with Gasteiger partial charge in [0.1, 0.15) is 5.75 Å². The number of halogens is 1. The molecule has 28 heavy (non-hydrogen) atoms. The average Bonchev–Trinajstić information content (AvgIpc) is 3.05. The Kier molecular flexibility index (Phi) is 6.21. The Balaban J connectivity index is 1.94. The van der Waals surface area contributed by atoms with Crippen molar-refractivity contribution in [1.29, 1.82) is 0 Å². The van der Waals surface area contributed by atoms with Crippen LogP contribution in [0, 0.1) is 0 Å². The molecule has 0 saturated carbocycles. The number of carbonyl (C=O) groups excluding carboxylic acids is 1. The molecule has 2 aliphatic heterocycles. The number of sulfone groups is 1. The second-order valence-electron chi connectivity index (χ2n) is 6.52. The first kappa shape index (κ1) is 20.9. The van der Waals surface area contributed by atoms with Gasteiger partial charge in [0.15, 0.2) is 15.0 Å². The van der Waals surface area contributed by atoms with Gasteiger partial charge < -0.3 is 14.7 Å². The van der Waals surface area contributed by atoms with Crippen molar-refractivity contribution in [2.75, 3.05) is 23.5 Å². The van der Waals surface area contributed by atoms with Crippen molar-refractivity contribution in [3.05, 3.63) is 23.2 Å². The number of hydrogen-bond acceptors (Lipinski definition) is 6. The Hall–Kier alpha value is -1.78. The largest absolute Gasteiger partial charge is 0.495 e. The molecule has 0 aliphatic carbocycles. The number of fused-ring (bicyclic) bond motifs is 1. The number of nitrogens with zero attached hydrogens (tertiary/aromatic N) is 2. The van der Waals surface area contributed by atoms with Gasteiger partial charge in [-0.1, -0.05) is 23.4 Å². The predicted molar refractivity (Wildman–Crippen MR) is 108 cm³/mol. The molecule has 152 valence electrons. The molecule has 0 unspecified atom stereocenters. The molecule has 2 fully saturated rings. The fourth-order valence-corrected chi connectivity index (χ4v) is 7.34. The summed E-state index contributed by atoms with van der Waals surface area (Å²) in [5.41, 5.74) is 0.546.